The van der Waals surface area contributed by atoms with Crippen LogP contribution in [0.5, 0.6) is 17.2 Å². The number of furan rings is 1. The Bertz CT molecular complexity index is 753. The molecule has 0 spiro atoms. The summed E-state index contributed by atoms with van der Waals surface area (Å²) in [5, 5.41) is 3.00. The van der Waals surface area contributed by atoms with Crippen LogP contribution in [0.1, 0.15) is 46.0 Å². The molecule has 2 rings (SSSR count). The van der Waals surface area contributed by atoms with Gasteiger partial charge in [0.1, 0.15) is 11.5 Å². The maximum atomic E-state index is 12.7. The standard InChI is InChI=1S/C19H25NO5/c1-10-12(3)25-13(4)17(10)19(21)20-11(2)14-8-15(22-5)18(24-7)16(9-14)23-6/h8-9,11H,1-7H3,(H,20,21)/t11-/m0/s1. The number of nitrogens with one attached hydrogen (secondary N) is 1. The SMILES string of the molecule is COc1cc([C@H](C)NC(=O)c2c(C)oc(C)c2C)cc(OC)c1OC. The van der Waals surface area contributed by atoms with Crippen molar-refractivity contribution >= 4 is 5.91 Å². The maximum absolute atomic E-state index is 12.7. The molecular formula is C19H25NO5. The molecule has 136 valence electrons. The van der Waals surface area contributed by atoms with Crippen molar-refractivity contribution in [3.05, 3.63) is 40.3 Å². The molecule has 0 unspecified atom stereocenters. The number of hydrogen-bond donors (Lipinski definition) is 1. The van der Waals surface area contributed by atoms with Gasteiger partial charge in [-0.15, -0.1) is 0 Å². The van der Waals surface area contributed by atoms with Crippen molar-refractivity contribution in [1.29, 1.82) is 0 Å². The van der Waals surface area contributed by atoms with Crippen molar-refractivity contribution in [2.45, 2.75) is 33.7 Å². The molecule has 6 nitrogen and oxygen atoms in total. The second-order valence-corrected chi connectivity index (χ2v) is 5.87. The molecule has 1 atom stereocenters. The zero-order valence-corrected chi connectivity index (χ0v) is 15.8. The minimum Gasteiger partial charge on any atom is -0.493 e. The molecule has 1 N–H and O–H groups in total. The number of amides is 1. The van der Waals surface area contributed by atoms with Crippen LogP contribution in [0, 0.1) is 20.8 Å². The summed E-state index contributed by atoms with van der Waals surface area (Å²) in [7, 11) is 4.68. The zero-order chi connectivity index (χ0) is 18.7. The molecule has 0 radical (unpaired) electrons. The van der Waals surface area contributed by atoms with Gasteiger partial charge in [0.2, 0.25) is 5.75 Å². The summed E-state index contributed by atoms with van der Waals surface area (Å²) in [4.78, 5) is 12.7. The van der Waals surface area contributed by atoms with Crippen LogP contribution in [0.3, 0.4) is 0 Å². The predicted octanol–water partition coefficient (Wildman–Crippen LogP) is 3.72. The highest BCUT2D eigenvalue weighted by Crippen LogP contribution is 2.39. The van der Waals surface area contributed by atoms with Crippen molar-refractivity contribution in [2.24, 2.45) is 0 Å². The lowest BCUT2D eigenvalue weighted by Crippen LogP contribution is -2.27. The van der Waals surface area contributed by atoms with E-state index in [2.05, 4.69) is 5.32 Å². The lowest BCUT2D eigenvalue weighted by atomic mass is 10.0. The predicted molar refractivity (Wildman–Crippen MR) is 94.9 cm³/mol. The highest BCUT2D eigenvalue weighted by molar-refractivity contribution is 5.97. The van der Waals surface area contributed by atoms with Crippen molar-refractivity contribution < 1.29 is 23.4 Å². The van der Waals surface area contributed by atoms with Gasteiger partial charge >= 0.3 is 0 Å². The first-order valence-corrected chi connectivity index (χ1v) is 8.01. The van der Waals surface area contributed by atoms with Crippen LogP contribution in [-0.2, 0) is 0 Å². The number of carbonyl (C=O) groups is 1. The van der Waals surface area contributed by atoms with Crippen LogP contribution < -0.4 is 19.5 Å². The average Bonchev–Trinajstić information content (AvgIpc) is 2.85. The van der Waals surface area contributed by atoms with E-state index in [1.807, 2.05) is 32.9 Å². The van der Waals surface area contributed by atoms with Gasteiger partial charge < -0.3 is 23.9 Å². The Balaban J connectivity index is 2.31. The highest BCUT2D eigenvalue weighted by atomic mass is 16.5. The van der Waals surface area contributed by atoms with Crippen molar-refractivity contribution in [2.75, 3.05) is 21.3 Å². The third-order valence-corrected chi connectivity index (χ3v) is 4.32. The summed E-state index contributed by atoms with van der Waals surface area (Å²) in [5.74, 6) is 2.80. The van der Waals surface area contributed by atoms with Gasteiger partial charge in [-0.05, 0) is 45.4 Å². The van der Waals surface area contributed by atoms with Crippen LogP contribution in [-0.4, -0.2) is 27.2 Å². The fraction of sp³-hybridized carbons (Fsp3) is 0.421. The molecule has 25 heavy (non-hydrogen) atoms. The topological polar surface area (TPSA) is 69.9 Å². The molecule has 0 saturated heterocycles. The smallest absolute Gasteiger partial charge is 0.255 e. The van der Waals surface area contributed by atoms with E-state index in [1.165, 1.54) is 0 Å². The van der Waals surface area contributed by atoms with E-state index in [1.54, 1.807) is 28.3 Å². The van der Waals surface area contributed by atoms with Crippen LogP contribution in [0.2, 0.25) is 0 Å². The molecule has 1 aromatic carbocycles. The van der Waals surface area contributed by atoms with Crippen LogP contribution in [0.25, 0.3) is 0 Å². The summed E-state index contributed by atoms with van der Waals surface area (Å²) in [5.41, 5.74) is 2.28. The number of aryl methyl sites for hydroxylation is 2. The fourth-order valence-corrected chi connectivity index (χ4v) is 2.83. The Morgan fingerprint density at radius 1 is 1.00 bits per heavy atom. The highest BCUT2D eigenvalue weighted by Gasteiger charge is 2.22. The summed E-state index contributed by atoms with van der Waals surface area (Å²) in [6, 6.07) is 3.40. The van der Waals surface area contributed by atoms with Gasteiger partial charge in [0.25, 0.3) is 5.91 Å². The van der Waals surface area contributed by atoms with E-state index in [9.17, 15) is 4.79 Å². The maximum Gasteiger partial charge on any atom is 0.255 e. The third kappa shape index (κ3) is 3.57. The number of hydrogen-bond acceptors (Lipinski definition) is 5. The quantitative estimate of drug-likeness (QED) is 0.862. The van der Waals surface area contributed by atoms with Crippen LogP contribution in [0.4, 0.5) is 0 Å². The first-order valence-electron chi connectivity index (χ1n) is 8.01. The Hall–Kier alpha value is -2.63. The van der Waals surface area contributed by atoms with Gasteiger partial charge in [-0.25, -0.2) is 0 Å². The average molecular weight is 347 g/mol. The molecule has 0 saturated carbocycles. The van der Waals surface area contributed by atoms with E-state index in [-0.39, 0.29) is 11.9 Å². The Morgan fingerprint density at radius 3 is 1.96 bits per heavy atom. The van der Waals surface area contributed by atoms with E-state index in [4.69, 9.17) is 18.6 Å². The van der Waals surface area contributed by atoms with E-state index in [0.29, 0.717) is 28.6 Å². The first-order chi connectivity index (χ1) is 11.8. The summed E-state index contributed by atoms with van der Waals surface area (Å²) < 4.78 is 21.6. The van der Waals surface area contributed by atoms with Gasteiger partial charge in [0.05, 0.1) is 32.9 Å². The normalized spacial score (nSPS) is 11.8. The van der Waals surface area contributed by atoms with Gasteiger partial charge in [0.15, 0.2) is 11.5 Å². The molecule has 0 fully saturated rings. The first kappa shape index (κ1) is 18.7. The zero-order valence-electron chi connectivity index (χ0n) is 15.8. The third-order valence-electron chi connectivity index (χ3n) is 4.32. The fourth-order valence-electron chi connectivity index (χ4n) is 2.83. The van der Waals surface area contributed by atoms with Gasteiger partial charge in [-0.1, -0.05) is 0 Å². The Kier molecular flexibility index (Phi) is 5.62. The Morgan fingerprint density at radius 2 is 1.56 bits per heavy atom. The molecule has 1 aromatic heterocycles. The summed E-state index contributed by atoms with van der Waals surface area (Å²) >= 11 is 0. The van der Waals surface area contributed by atoms with Gasteiger partial charge in [-0.3, -0.25) is 4.79 Å². The van der Waals surface area contributed by atoms with Crippen LogP contribution in [0.15, 0.2) is 16.5 Å². The number of methoxy groups -OCH3 is 3. The summed E-state index contributed by atoms with van der Waals surface area (Å²) in [6.45, 7) is 7.42. The minimum absolute atomic E-state index is 0.173. The molecule has 1 heterocycles. The lowest BCUT2D eigenvalue weighted by Gasteiger charge is -2.19. The van der Waals surface area contributed by atoms with Crippen LogP contribution >= 0.6 is 0 Å². The molecule has 1 amide bonds. The largest absolute Gasteiger partial charge is 0.493 e. The molecule has 0 aliphatic carbocycles. The molecule has 2 aromatic rings. The monoisotopic (exact) mass is 347 g/mol. The molecular weight excluding hydrogens is 322 g/mol. The number of benzene rings is 1. The van der Waals surface area contributed by atoms with Gasteiger partial charge in [0, 0.05) is 5.56 Å². The number of ether oxygens (including phenoxy) is 3. The molecule has 0 aliphatic heterocycles. The van der Waals surface area contributed by atoms with E-state index < -0.39 is 0 Å². The Labute approximate surface area is 148 Å². The van der Waals surface area contributed by atoms with E-state index in [0.717, 1.165) is 16.9 Å². The minimum atomic E-state index is -0.254. The van der Waals surface area contributed by atoms with Crippen molar-refractivity contribution in [3.8, 4) is 17.2 Å². The van der Waals surface area contributed by atoms with Crippen molar-refractivity contribution in [1.82, 2.24) is 5.32 Å². The van der Waals surface area contributed by atoms with E-state index >= 15 is 0 Å². The van der Waals surface area contributed by atoms with Gasteiger partial charge in [-0.2, -0.15) is 0 Å². The second kappa shape index (κ2) is 7.51. The molecule has 0 bridgehead atoms. The lowest BCUT2D eigenvalue weighted by molar-refractivity contribution is 0.0937. The number of carbonyl (C=O) groups excluding carboxylic acids is 1. The second-order valence-electron chi connectivity index (χ2n) is 5.87. The number of rotatable bonds is 6. The molecule has 6 heteroatoms. The summed E-state index contributed by atoms with van der Waals surface area (Å²) in [6.07, 6.45) is 0. The van der Waals surface area contributed by atoms with Crippen molar-refractivity contribution in [3.63, 3.8) is 0 Å². The molecule has 0 aliphatic rings.